The summed E-state index contributed by atoms with van der Waals surface area (Å²) in [7, 11) is 0. The first-order chi connectivity index (χ1) is 8.41. The molecule has 8 heteroatoms. The standard InChI is InChI=1S/C10H9BrN2O5/c11-6-2-1-3-12-9(6)10(18)13(4-7(14)15)5-8(16)17/h1-3H,4-5H2,(H,14,15)(H,16,17). The molecular formula is C10H9BrN2O5. The Balaban J connectivity index is 2.98. The van der Waals surface area contributed by atoms with E-state index >= 15 is 0 Å². The second-order valence-corrected chi connectivity index (χ2v) is 4.14. The zero-order chi connectivity index (χ0) is 13.7. The number of carbonyl (C=O) groups excluding carboxylic acids is 1. The van der Waals surface area contributed by atoms with Crippen molar-refractivity contribution < 1.29 is 24.6 Å². The Kier molecular flexibility index (Phi) is 4.78. The SMILES string of the molecule is O=C(O)CN(CC(=O)O)C(=O)c1ncccc1Br. The zero-order valence-corrected chi connectivity index (χ0v) is 10.6. The van der Waals surface area contributed by atoms with E-state index in [0.717, 1.165) is 0 Å². The van der Waals surface area contributed by atoms with Crippen LogP contribution < -0.4 is 0 Å². The van der Waals surface area contributed by atoms with E-state index in [2.05, 4.69) is 20.9 Å². The molecule has 0 saturated carbocycles. The molecule has 0 bridgehead atoms. The van der Waals surface area contributed by atoms with Crippen LogP contribution in [0, 0.1) is 0 Å². The van der Waals surface area contributed by atoms with E-state index in [1.165, 1.54) is 6.20 Å². The predicted molar refractivity (Wildman–Crippen MR) is 63.1 cm³/mol. The molecule has 0 fully saturated rings. The molecule has 0 aliphatic heterocycles. The van der Waals surface area contributed by atoms with Crippen molar-refractivity contribution in [3.8, 4) is 0 Å². The van der Waals surface area contributed by atoms with E-state index in [1.807, 2.05) is 0 Å². The molecule has 7 nitrogen and oxygen atoms in total. The fraction of sp³-hybridized carbons (Fsp3) is 0.200. The van der Waals surface area contributed by atoms with Crippen LogP contribution in [0.1, 0.15) is 10.5 Å². The largest absolute Gasteiger partial charge is 0.480 e. The molecule has 0 radical (unpaired) electrons. The Morgan fingerprint density at radius 3 is 2.22 bits per heavy atom. The molecule has 1 rings (SSSR count). The van der Waals surface area contributed by atoms with Gasteiger partial charge in [0.15, 0.2) is 0 Å². The van der Waals surface area contributed by atoms with E-state index in [1.54, 1.807) is 12.1 Å². The maximum atomic E-state index is 11.9. The number of rotatable bonds is 5. The summed E-state index contributed by atoms with van der Waals surface area (Å²) in [6, 6.07) is 3.14. The minimum Gasteiger partial charge on any atom is -0.480 e. The van der Waals surface area contributed by atoms with Crippen LogP contribution >= 0.6 is 15.9 Å². The summed E-state index contributed by atoms with van der Waals surface area (Å²) in [5, 5.41) is 17.3. The van der Waals surface area contributed by atoms with Crippen molar-refractivity contribution in [2.75, 3.05) is 13.1 Å². The third-order valence-electron chi connectivity index (χ3n) is 1.90. The normalized spacial score (nSPS) is 9.83. The van der Waals surface area contributed by atoms with Crippen LogP contribution in [0.3, 0.4) is 0 Å². The minimum atomic E-state index is -1.29. The number of hydrogen-bond acceptors (Lipinski definition) is 4. The lowest BCUT2D eigenvalue weighted by Crippen LogP contribution is -2.39. The lowest BCUT2D eigenvalue weighted by atomic mass is 10.3. The average molecular weight is 317 g/mol. The van der Waals surface area contributed by atoms with E-state index in [-0.39, 0.29) is 5.69 Å². The number of carbonyl (C=O) groups is 3. The molecule has 1 aromatic rings. The van der Waals surface area contributed by atoms with Gasteiger partial charge in [-0.25, -0.2) is 4.98 Å². The number of nitrogens with zero attached hydrogens (tertiary/aromatic N) is 2. The number of hydrogen-bond donors (Lipinski definition) is 2. The third kappa shape index (κ3) is 3.81. The first-order valence-corrected chi connectivity index (χ1v) is 5.54. The van der Waals surface area contributed by atoms with Gasteiger partial charge in [0, 0.05) is 10.7 Å². The molecule has 1 amide bonds. The third-order valence-corrected chi connectivity index (χ3v) is 2.54. The summed E-state index contributed by atoms with van der Waals surface area (Å²) >= 11 is 3.09. The monoisotopic (exact) mass is 316 g/mol. The van der Waals surface area contributed by atoms with Gasteiger partial charge in [-0.1, -0.05) is 0 Å². The maximum Gasteiger partial charge on any atom is 0.323 e. The molecule has 0 spiro atoms. The van der Waals surface area contributed by atoms with Crippen LogP contribution in [-0.2, 0) is 9.59 Å². The summed E-state index contributed by atoms with van der Waals surface area (Å²) < 4.78 is 0.371. The first-order valence-electron chi connectivity index (χ1n) is 4.75. The lowest BCUT2D eigenvalue weighted by Gasteiger charge is -2.18. The molecule has 0 saturated heterocycles. The van der Waals surface area contributed by atoms with Crippen molar-refractivity contribution >= 4 is 33.8 Å². The quantitative estimate of drug-likeness (QED) is 0.816. The van der Waals surface area contributed by atoms with Crippen LogP contribution in [0.5, 0.6) is 0 Å². The first kappa shape index (κ1) is 14.1. The van der Waals surface area contributed by atoms with Crippen LogP contribution in [0.4, 0.5) is 0 Å². The van der Waals surface area contributed by atoms with Crippen LogP contribution in [0.15, 0.2) is 22.8 Å². The molecule has 96 valence electrons. The molecule has 1 heterocycles. The Morgan fingerprint density at radius 2 is 1.78 bits per heavy atom. The second kappa shape index (κ2) is 6.10. The van der Waals surface area contributed by atoms with Gasteiger partial charge < -0.3 is 15.1 Å². The average Bonchev–Trinajstić information content (AvgIpc) is 2.26. The van der Waals surface area contributed by atoms with Crippen LogP contribution in [0.25, 0.3) is 0 Å². The van der Waals surface area contributed by atoms with E-state index in [0.29, 0.717) is 9.37 Å². The van der Waals surface area contributed by atoms with Gasteiger partial charge in [-0.15, -0.1) is 0 Å². The summed E-state index contributed by atoms with van der Waals surface area (Å²) in [5.41, 5.74) is -0.0278. The topological polar surface area (TPSA) is 108 Å². The molecule has 0 atom stereocenters. The van der Waals surface area contributed by atoms with Crippen molar-refractivity contribution in [1.82, 2.24) is 9.88 Å². The molecule has 0 aromatic carbocycles. The van der Waals surface area contributed by atoms with Gasteiger partial charge in [-0.05, 0) is 28.1 Å². The van der Waals surface area contributed by atoms with Crippen LogP contribution in [0.2, 0.25) is 0 Å². The lowest BCUT2D eigenvalue weighted by molar-refractivity contribution is -0.140. The molecular weight excluding hydrogens is 308 g/mol. The fourth-order valence-corrected chi connectivity index (χ4v) is 1.64. The van der Waals surface area contributed by atoms with Gasteiger partial charge in [0.25, 0.3) is 5.91 Å². The van der Waals surface area contributed by atoms with Gasteiger partial charge >= 0.3 is 11.9 Å². The van der Waals surface area contributed by atoms with Crippen molar-refractivity contribution in [3.05, 3.63) is 28.5 Å². The predicted octanol–water partition coefficient (Wildman–Crippen LogP) is 0.456. The molecule has 18 heavy (non-hydrogen) atoms. The Bertz CT molecular complexity index is 475. The fourth-order valence-electron chi connectivity index (χ4n) is 1.22. The van der Waals surface area contributed by atoms with Crippen molar-refractivity contribution in [3.63, 3.8) is 0 Å². The number of carboxylic acid groups (broad SMARTS) is 2. The minimum absolute atomic E-state index is 0.0278. The van der Waals surface area contributed by atoms with Crippen molar-refractivity contribution in [1.29, 1.82) is 0 Å². The molecule has 1 aromatic heterocycles. The van der Waals surface area contributed by atoms with Crippen molar-refractivity contribution in [2.24, 2.45) is 0 Å². The Labute approximate surface area is 110 Å². The van der Waals surface area contributed by atoms with Gasteiger partial charge in [-0.2, -0.15) is 0 Å². The van der Waals surface area contributed by atoms with E-state index < -0.39 is 30.9 Å². The highest BCUT2D eigenvalue weighted by Crippen LogP contribution is 2.15. The second-order valence-electron chi connectivity index (χ2n) is 3.28. The molecule has 0 aliphatic rings. The molecule has 0 unspecified atom stereocenters. The highest BCUT2D eigenvalue weighted by atomic mass is 79.9. The summed E-state index contributed by atoms with van der Waals surface area (Å²) in [6.07, 6.45) is 1.36. The van der Waals surface area contributed by atoms with Gasteiger partial charge in [-0.3, -0.25) is 14.4 Å². The number of carboxylic acids is 2. The van der Waals surface area contributed by atoms with Gasteiger partial charge in [0.1, 0.15) is 18.8 Å². The number of aromatic nitrogens is 1. The van der Waals surface area contributed by atoms with E-state index in [4.69, 9.17) is 10.2 Å². The highest BCUT2D eigenvalue weighted by Gasteiger charge is 2.23. The number of halogens is 1. The molecule has 2 N–H and O–H groups in total. The van der Waals surface area contributed by atoms with Gasteiger partial charge in [0.2, 0.25) is 0 Å². The Hall–Kier alpha value is -1.96. The van der Waals surface area contributed by atoms with Crippen molar-refractivity contribution in [2.45, 2.75) is 0 Å². The smallest absolute Gasteiger partial charge is 0.323 e. The number of amides is 1. The highest BCUT2D eigenvalue weighted by molar-refractivity contribution is 9.10. The summed E-state index contributed by atoms with van der Waals surface area (Å²) in [6.45, 7) is -1.40. The zero-order valence-electron chi connectivity index (χ0n) is 9.04. The maximum absolute atomic E-state index is 11.9. The van der Waals surface area contributed by atoms with E-state index in [9.17, 15) is 14.4 Å². The summed E-state index contributed by atoms with van der Waals surface area (Å²) in [5.74, 6) is -3.35. The number of aliphatic carboxylic acids is 2. The number of pyridine rings is 1. The Morgan fingerprint density at radius 1 is 1.22 bits per heavy atom. The molecule has 0 aliphatic carbocycles. The summed E-state index contributed by atoms with van der Waals surface area (Å²) in [4.78, 5) is 37.6. The van der Waals surface area contributed by atoms with Gasteiger partial charge in [0.05, 0.1) is 0 Å². The van der Waals surface area contributed by atoms with Crippen LogP contribution in [-0.4, -0.2) is 51.0 Å².